The predicted molar refractivity (Wildman–Crippen MR) is 161 cm³/mol. The topological polar surface area (TPSA) is 110 Å². The van der Waals surface area contributed by atoms with Gasteiger partial charge >= 0.3 is 0 Å². The van der Waals surface area contributed by atoms with E-state index < -0.39 is 22.1 Å². The van der Waals surface area contributed by atoms with E-state index in [1.54, 1.807) is 40.9 Å². The van der Waals surface area contributed by atoms with Crippen molar-refractivity contribution in [1.82, 2.24) is 10.2 Å². The van der Waals surface area contributed by atoms with Crippen LogP contribution in [0.3, 0.4) is 0 Å². The maximum atomic E-state index is 13.0. The van der Waals surface area contributed by atoms with Gasteiger partial charge in [0.25, 0.3) is 16.0 Å². The molecule has 0 aromatic heterocycles. The summed E-state index contributed by atoms with van der Waals surface area (Å²) in [6, 6.07) is 20.1. The Morgan fingerprint density at radius 2 is 1.62 bits per heavy atom. The van der Waals surface area contributed by atoms with E-state index in [0.29, 0.717) is 24.9 Å². The van der Waals surface area contributed by atoms with Crippen LogP contribution in [0.15, 0.2) is 76.5 Å². The Bertz CT molecular complexity index is 1570. The molecule has 3 amide bonds. The zero-order chi connectivity index (χ0) is 29.7. The molecule has 1 N–H and O–H groups in total. The van der Waals surface area contributed by atoms with Crippen LogP contribution in [0.25, 0.3) is 0 Å². The maximum Gasteiger partial charge on any atom is 0.296 e. The van der Waals surface area contributed by atoms with Crippen LogP contribution in [-0.4, -0.2) is 49.4 Å². The molecule has 0 aliphatic carbocycles. The van der Waals surface area contributed by atoms with Gasteiger partial charge in [0, 0.05) is 23.4 Å². The number of amides is 3. The predicted octanol–water partition coefficient (Wildman–Crippen LogP) is 4.82. The van der Waals surface area contributed by atoms with E-state index in [4.69, 9.17) is 4.18 Å². The first-order chi connectivity index (χ1) is 20.2. The van der Waals surface area contributed by atoms with Crippen LogP contribution in [0.1, 0.15) is 58.3 Å². The molecule has 0 saturated carbocycles. The standard InChI is InChI=1S/C32H34N2O6S2/c1-22-9-15-25(16-10-22)42(38,39)40-19-3-5-23-11-13-24(14-12-23)6-4-20-41-29-8-2-7-26-27(29)21-34(32(26)37)28-17-18-30(35)33-31(28)36/h2,7-16,28H,3-6,17-21H2,1H3,(H,33,35,36). The van der Waals surface area contributed by atoms with Crippen LogP contribution in [-0.2, 0) is 43.3 Å². The molecule has 1 unspecified atom stereocenters. The lowest BCUT2D eigenvalue weighted by Crippen LogP contribution is -2.52. The highest BCUT2D eigenvalue weighted by Crippen LogP contribution is 2.34. The van der Waals surface area contributed by atoms with Gasteiger partial charge in [0.1, 0.15) is 6.04 Å². The van der Waals surface area contributed by atoms with E-state index in [-0.39, 0.29) is 29.7 Å². The Kier molecular flexibility index (Phi) is 9.45. The lowest BCUT2D eigenvalue weighted by molar-refractivity contribution is -0.136. The van der Waals surface area contributed by atoms with Gasteiger partial charge in [-0.3, -0.25) is 23.9 Å². The zero-order valence-electron chi connectivity index (χ0n) is 23.5. The first kappa shape index (κ1) is 30.0. The maximum absolute atomic E-state index is 13.0. The van der Waals surface area contributed by atoms with Gasteiger partial charge in [-0.15, -0.1) is 11.8 Å². The van der Waals surface area contributed by atoms with Gasteiger partial charge in [-0.25, -0.2) is 0 Å². The molecule has 3 aromatic carbocycles. The monoisotopic (exact) mass is 606 g/mol. The molecule has 2 aliphatic rings. The first-order valence-electron chi connectivity index (χ1n) is 14.1. The fourth-order valence-electron chi connectivity index (χ4n) is 5.24. The van der Waals surface area contributed by atoms with Gasteiger partial charge in [-0.1, -0.05) is 48.0 Å². The van der Waals surface area contributed by atoms with E-state index in [1.165, 1.54) is 5.56 Å². The van der Waals surface area contributed by atoms with Gasteiger partial charge in [0.2, 0.25) is 11.8 Å². The molecule has 0 spiro atoms. The quantitative estimate of drug-likeness (QED) is 0.136. The van der Waals surface area contributed by atoms with Crippen molar-refractivity contribution in [3.05, 3.63) is 94.5 Å². The van der Waals surface area contributed by atoms with E-state index in [0.717, 1.165) is 46.6 Å². The fraction of sp³-hybridized carbons (Fsp3) is 0.344. The third kappa shape index (κ3) is 7.11. The van der Waals surface area contributed by atoms with Crippen molar-refractivity contribution >= 4 is 39.6 Å². The van der Waals surface area contributed by atoms with Crippen LogP contribution in [0, 0.1) is 6.92 Å². The third-order valence-corrected chi connectivity index (χ3v) is 10.1. The molecule has 0 radical (unpaired) electrons. The minimum absolute atomic E-state index is 0.134. The molecule has 10 heteroatoms. The molecule has 3 aromatic rings. The lowest BCUT2D eigenvalue weighted by Gasteiger charge is -2.29. The van der Waals surface area contributed by atoms with Crippen LogP contribution in [0.5, 0.6) is 0 Å². The number of thioether (sulfide) groups is 1. The second kappa shape index (κ2) is 13.2. The van der Waals surface area contributed by atoms with Gasteiger partial charge in [0.15, 0.2) is 0 Å². The highest BCUT2D eigenvalue weighted by atomic mass is 32.2. The number of carbonyl (C=O) groups is 3. The van der Waals surface area contributed by atoms with Crippen molar-refractivity contribution in [2.75, 3.05) is 12.4 Å². The Labute approximate surface area is 251 Å². The first-order valence-corrected chi connectivity index (χ1v) is 16.5. The van der Waals surface area contributed by atoms with Gasteiger partial charge < -0.3 is 4.90 Å². The minimum Gasteiger partial charge on any atom is -0.322 e. The van der Waals surface area contributed by atoms with Gasteiger partial charge in [0.05, 0.1) is 11.5 Å². The molecule has 42 heavy (non-hydrogen) atoms. The lowest BCUT2D eigenvalue weighted by atomic mass is 10.0. The molecule has 1 atom stereocenters. The number of fused-ring (bicyclic) bond motifs is 1. The summed E-state index contributed by atoms with van der Waals surface area (Å²) in [5.41, 5.74) is 4.95. The van der Waals surface area contributed by atoms with E-state index in [1.807, 2.05) is 25.1 Å². The molecule has 1 fully saturated rings. The number of nitrogens with one attached hydrogen (secondary N) is 1. The van der Waals surface area contributed by atoms with E-state index in [2.05, 4.69) is 29.6 Å². The number of hydrogen-bond acceptors (Lipinski definition) is 7. The molecule has 220 valence electrons. The highest BCUT2D eigenvalue weighted by Gasteiger charge is 2.39. The largest absolute Gasteiger partial charge is 0.322 e. The SMILES string of the molecule is Cc1ccc(S(=O)(=O)OCCCc2ccc(CCCSc3cccc4c3CN(C3CCC(=O)NC3=O)C4=O)cc2)cc1. The number of hydrogen-bond donors (Lipinski definition) is 1. The molecule has 1 saturated heterocycles. The summed E-state index contributed by atoms with van der Waals surface area (Å²) >= 11 is 1.72. The van der Waals surface area contributed by atoms with Gasteiger partial charge in [-0.05, 0) is 85.7 Å². The molecular weight excluding hydrogens is 572 g/mol. The number of imide groups is 1. The molecular formula is C32H34N2O6S2. The van der Waals surface area contributed by atoms with Crippen LogP contribution in [0.4, 0.5) is 0 Å². The van der Waals surface area contributed by atoms with Crippen molar-refractivity contribution in [2.24, 2.45) is 0 Å². The van der Waals surface area contributed by atoms with Crippen LogP contribution >= 0.6 is 11.8 Å². The number of nitrogens with zero attached hydrogens (tertiary/aromatic N) is 1. The van der Waals surface area contributed by atoms with Crippen molar-refractivity contribution in [3.8, 4) is 0 Å². The third-order valence-electron chi connectivity index (χ3n) is 7.59. The van der Waals surface area contributed by atoms with E-state index in [9.17, 15) is 22.8 Å². The molecule has 2 aliphatic heterocycles. The summed E-state index contributed by atoms with van der Waals surface area (Å²) in [6.07, 6.45) is 3.81. The zero-order valence-corrected chi connectivity index (χ0v) is 25.1. The Morgan fingerprint density at radius 1 is 0.929 bits per heavy atom. The van der Waals surface area contributed by atoms with Crippen LogP contribution in [0.2, 0.25) is 0 Å². The second-order valence-electron chi connectivity index (χ2n) is 10.6. The molecule has 0 bridgehead atoms. The highest BCUT2D eigenvalue weighted by molar-refractivity contribution is 7.99. The Morgan fingerprint density at radius 3 is 2.31 bits per heavy atom. The summed E-state index contributed by atoms with van der Waals surface area (Å²) in [5.74, 6) is 0.0500. The second-order valence-corrected chi connectivity index (χ2v) is 13.4. The number of piperidine rings is 1. The number of benzene rings is 3. The van der Waals surface area contributed by atoms with E-state index >= 15 is 0 Å². The number of aryl methyl sites for hydroxylation is 3. The smallest absolute Gasteiger partial charge is 0.296 e. The normalized spacial score (nSPS) is 16.9. The summed E-state index contributed by atoms with van der Waals surface area (Å²) in [5, 5.41) is 2.35. The fourth-order valence-corrected chi connectivity index (χ4v) is 7.22. The number of carbonyl (C=O) groups excluding carboxylic acids is 3. The summed E-state index contributed by atoms with van der Waals surface area (Å²) < 4.78 is 29.8. The summed E-state index contributed by atoms with van der Waals surface area (Å²) in [4.78, 5) is 39.7. The summed E-state index contributed by atoms with van der Waals surface area (Å²) in [7, 11) is -3.74. The number of rotatable bonds is 12. The average molecular weight is 607 g/mol. The summed E-state index contributed by atoms with van der Waals surface area (Å²) in [6.45, 7) is 2.42. The van der Waals surface area contributed by atoms with Gasteiger partial charge in [-0.2, -0.15) is 8.42 Å². The molecule has 5 rings (SSSR count). The molecule has 2 heterocycles. The minimum atomic E-state index is -3.74. The molecule has 8 nitrogen and oxygen atoms in total. The van der Waals surface area contributed by atoms with Crippen molar-refractivity contribution in [2.45, 2.75) is 67.8 Å². The van der Waals surface area contributed by atoms with Crippen molar-refractivity contribution in [3.63, 3.8) is 0 Å². The average Bonchev–Trinajstić information content (AvgIpc) is 3.31. The van der Waals surface area contributed by atoms with Crippen LogP contribution < -0.4 is 5.32 Å². The Hall–Kier alpha value is -3.47. The van der Waals surface area contributed by atoms with Crippen molar-refractivity contribution < 1.29 is 27.0 Å². The Balaban J connectivity index is 1.05. The van der Waals surface area contributed by atoms with Crippen molar-refractivity contribution in [1.29, 1.82) is 0 Å².